The number of benzene rings is 1. The van der Waals surface area contributed by atoms with E-state index in [2.05, 4.69) is 23.2 Å². The Morgan fingerprint density at radius 2 is 2.24 bits per heavy atom. The number of ether oxygens (including phenoxy) is 1. The lowest BCUT2D eigenvalue weighted by molar-refractivity contribution is 0.413. The van der Waals surface area contributed by atoms with E-state index < -0.39 is 0 Å². The fourth-order valence-electron chi connectivity index (χ4n) is 3.28. The quantitative estimate of drug-likeness (QED) is 0.937. The number of pyridine rings is 1. The maximum Gasteiger partial charge on any atom is 0.119 e. The van der Waals surface area contributed by atoms with Crippen LogP contribution in [0.15, 0.2) is 42.6 Å². The third-order valence-corrected chi connectivity index (χ3v) is 4.36. The molecule has 0 saturated heterocycles. The van der Waals surface area contributed by atoms with E-state index >= 15 is 0 Å². The van der Waals surface area contributed by atoms with Gasteiger partial charge in [0.1, 0.15) is 5.75 Å². The number of fused-ring (bicyclic) bond motifs is 1. The van der Waals surface area contributed by atoms with Gasteiger partial charge < -0.3 is 10.5 Å². The van der Waals surface area contributed by atoms with Crippen molar-refractivity contribution < 1.29 is 4.74 Å². The molecule has 3 heteroatoms. The van der Waals surface area contributed by atoms with Crippen LogP contribution in [-0.4, -0.2) is 18.1 Å². The average molecular weight is 282 g/mol. The third-order valence-electron chi connectivity index (χ3n) is 4.36. The highest BCUT2D eigenvalue weighted by molar-refractivity contribution is 5.31. The van der Waals surface area contributed by atoms with Gasteiger partial charge in [-0.25, -0.2) is 0 Å². The number of aromatic nitrogens is 1. The van der Waals surface area contributed by atoms with E-state index in [1.54, 1.807) is 7.11 Å². The molecular formula is C18H22N2O. The van der Waals surface area contributed by atoms with Crippen molar-refractivity contribution in [3.05, 3.63) is 59.4 Å². The van der Waals surface area contributed by atoms with E-state index in [1.807, 2.05) is 24.4 Å². The summed E-state index contributed by atoms with van der Waals surface area (Å²) in [5.41, 5.74) is 10.3. The lowest BCUT2D eigenvalue weighted by Crippen LogP contribution is -2.33. The van der Waals surface area contributed by atoms with Crippen LogP contribution in [0.5, 0.6) is 5.75 Å². The van der Waals surface area contributed by atoms with Gasteiger partial charge in [-0.3, -0.25) is 4.98 Å². The highest BCUT2D eigenvalue weighted by atomic mass is 16.5. The SMILES string of the molecule is COc1cccc(CC(N)C2CCCc3cccnc32)c1. The second-order valence-corrected chi connectivity index (χ2v) is 5.77. The monoisotopic (exact) mass is 282 g/mol. The van der Waals surface area contributed by atoms with Gasteiger partial charge in [-0.05, 0) is 55.0 Å². The zero-order valence-electron chi connectivity index (χ0n) is 12.5. The maximum atomic E-state index is 6.51. The zero-order chi connectivity index (χ0) is 14.7. The van der Waals surface area contributed by atoms with Crippen LogP contribution in [0.4, 0.5) is 0 Å². The lowest BCUT2D eigenvalue weighted by atomic mass is 9.80. The molecule has 1 aromatic heterocycles. The average Bonchev–Trinajstić information content (AvgIpc) is 2.54. The van der Waals surface area contributed by atoms with Crippen molar-refractivity contribution in [2.75, 3.05) is 7.11 Å². The summed E-state index contributed by atoms with van der Waals surface area (Å²) in [6.07, 6.45) is 6.21. The number of nitrogens with two attached hydrogens (primary N) is 1. The molecule has 2 N–H and O–H groups in total. The van der Waals surface area contributed by atoms with Crippen molar-refractivity contribution in [2.45, 2.75) is 37.6 Å². The highest BCUT2D eigenvalue weighted by Gasteiger charge is 2.26. The smallest absolute Gasteiger partial charge is 0.119 e. The van der Waals surface area contributed by atoms with E-state index in [1.165, 1.54) is 23.2 Å². The largest absolute Gasteiger partial charge is 0.497 e. The Morgan fingerprint density at radius 3 is 3.10 bits per heavy atom. The molecule has 0 aliphatic heterocycles. The van der Waals surface area contributed by atoms with Crippen molar-refractivity contribution >= 4 is 0 Å². The molecule has 110 valence electrons. The van der Waals surface area contributed by atoms with Crippen LogP contribution in [-0.2, 0) is 12.8 Å². The number of rotatable bonds is 4. The Labute approximate surface area is 126 Å². The van der Waals surface area contributed by atoms with E-state index in [0.29, 0.717) is 5.92 Å². The van der Waals surface area contributed by atoms with E-state index in [0.717, 1.165) is 25.0 Å². The summed E-state index contributed by atoms with van der Waals surface area (Å²) in [6, 6.07) is 12.5. The van der Waals surface area contributed by atoms with Crippen LogP contribution < -0.4 is 10.5 Å². The fraction of sp³-hybridized carbons (Fsp3) is 0.389. The van der Waals surface area contributed by atoms with Crippen LogP contribution in [0, 0.1) is 0 Å². The summed E-state index contributed by atoms with van der Waals surface area (Å²) in [4.78, 5) is 4.59. The topological polar surface area (TPSA) is 48.1 Å². The second-order valence-electron chi connectivity index (χ2n) is 5.77. The first-order chi connectivity index (χ1) is 10.3. The van der Waals surface area contributed by atoms with E-state index in [-0.39, 0.29) is 6.04 Å². The molecule has 2 atom stereocenters. The highest BCUT2D eigenvalue weighted by Crippen LogP contribution is 2.32. The fourth-order valence-corrected chi connectivity index (χ4v) is 3.28. The Bertz CT molecular complexity index is 612. The zero-order valence-corrected chi connectivity index (χ0v) is 12.5. The Kier molecular flexibility index (Phi) is 4.20. The predicted octanol–water partition coefficient (Wildman–Crippen LogP) is 3.08. The molecule has 21 heavy (non-hydrogen) atoms. The van der Waals surface area contributed by atoms with Crippen LogP contribution >= 0.6 is 0 Å². The number of nitrogens with zero attached hydrogens (tertiary/aromatic N) is 1. The Hall–Kier alpha value is -1.87. The molecule has 2 unspecified atom stereocenters. The van der Waals surface area contributed by atoms with Crippen molar-refractivity contribution in [1.29, 1.82) is 0 Å². The lowest BCUT2D eigenvalue weighted by Gasteiger charge is -2.29. The number of hydrogen-bond acceptors (Lipinski definition) is 3. The molecule has 1 aliphatic rings. The Morgan fingerprint density at radius 1 is 1.33 bits per heavy atom. The number of methoxy groups -OCH3 is 1. The molecular weight excluding hydrogens is 260 g/mol. The number of hydrogen-bond donors (Lipinski definition) is 1. The summed E-state index contributed by atoms with van der Waals surface area (Å²) in [5, 5.41) is 0. The molecule has 0 fully saturated rings. The van der Waals surface area contributed by atoms with Crippen LogP contribution in [0.3, 0.4) is 0 Å². The first kappa shape index (κ1) is 14.1. The van der Waals surface area contributed by atoms with Gasteiger partial charge >= 0.3 is 0 Å². The summed E-state index contributed by atoms with van der Waals surface area (Å²) in [6.45, 7) is 0. The van der Waals surface area contributed by atoms with Crippen molar-refractivity contribution in [1.82, 2.24) is 4.98 Å². The van der Waals surface area contributed by atoms with Crippen LogP contribution in [0.2, 0.25) is 0 Å². The van der Waals surface area contributed by atoms with Crippen LogP contribution in [0.25, 0.3) is 0 Å². The molecule has 0 bridgehead atoms. The minimum atomic E-state index is 0.103. The third kappa shape index (κ3) is 3.08. The minimum Gasteiger partial charge on any atom is -0.497 e. The molecule has 1 heterocycles. The van der Waals surface area contributed by atoms with Gasteiger partial charge in [0, 0.05) is 23.9 Å². The van der Waals surface area contributed by atoms with Crippen molar-refractivity contribution in [3.8, 4) is 5.75 Å². The molecule has 1 aliphatic carbocycles. The first-order valence-corrected chi connectivity index (χ1v) is 7.60. The van der Waals surface area contributed by atoms with Gasteiger partial charge in [0.2, 0.25) is 0 Å². The summed E-state index contributed by atoms with van der Waals surface area (Å²) >= 11 is 0. The van der Waals surface area contributed by atoms with Gasteiger partial charge in [0.05, 0.1) is 7.11 Å². The predicted molar refractivity (Wildman–Crippen MR) is 84.6 cm³/mol. The molecule has 0 saturated carbocycles. The van der Waals surface area contributed by atoms with E-state index in [4.69, 9.17) is 10.5 Å². The van der Waals surface area contributed by atoms with Gasteiger partial charge in [-0.2, -0.15) is 0 Å². The summed E-state index contributed by atoms with van der Waals surface area (Å²) < 4.78 is 5.28. The maximum absolute atomic E-state index is 6.51. The minimum absolute atomic E-state index is 0.103. The number of aryl methyl sites for hydroxylation is 1. The van der Waals surface area contributed by atoms with E-state index in [9.17, 15) is 0 Å². The van der Waals surface area contributed by atoms with Crippen molar-refractivity contribution in [2.24, 2.45) is 5.73 Å². The normalized spacial score (nSPS) is 18.9. The summed E-state index contributed by atoms with van der Waals surface area (Å²) in [5.74, 6) is 1.25. The van der Waals surface area contributed by atoms with Gasteiger partial charge in [0.15, 0.2) is 0 Å². The van der Waals surface area contributed by atoms with Gasteiger partial charge in [0.25, 0.3) is 0 Å². The summed E-state index contributed by atoms with van der Waals surface area (Å²) in [7, 11) is 1.69. The second kappa shape index (κ2) is 6.27. The molecule has 0 radical (unpaired) electrons. The molecule has 2 aromatic rings. The van der Waals surface area contributed by atoms with Gasteiger partial charge in [-0.1, -0.05) is 18.2 Å². The van der Waals surface area contributed by atoms with Gasteiger partial charge in [-0.15, -0.1) is 0 Å². The first-order valence-electron chi connectivity index (χ1n) is 7.60. The molecule has 3 rings (SSSR count). The van der Waals surface area contributed by atoms with Crippen LogP contribution in [0.1, 0.15) is 35.6 Å². The molecule has 0 amide bonds. The molecule has 0 spiro atoms. The molecule has 1 aromatic carbocycles. The Balaban J connectivity index is 1.78. The molecule has 3 nitrogen and oxygen atoms in total. The van der Waals surface area contributed by atoms with Crippen molar-refractivity contribution in [3.63, 3.8) is 0 Å². The standard InChI is InChI=1S/C18H22N2O/c1-21-15-8-2-5-13(11-15)12-17(19)16-9-3-6-14-7-4-10-20-18(14)16/h2,4-5,7-8,10-11,16-17H,3,6,9,12,19H2,1H3.